The molecule has 0 aliphatic heterocycles. The minimum Gasteiger partial charge on any atom is -0.507 e. The van der Waals surface area contributed by atoms with Gasteiger partial charge in [0.05, 0.1) is 19.0 Å². The van der Waals surface area contributed by atoms with Crippen molar-refractivity contribution in [3.63, 3.8) is 0 Å². The molecule has 0 saturated carbocycles. The normalized spacial score (nSPS) is 12.0. The monoisotopic (exact) mass is 515 g/mol. The van der Waals surface area contributed by atoms with E-state index in [0.29, 0.717) is 11.1 Å². The van der Waals surface area contributed by atoms with Crippen LogP contribution in [0.25, 0.3) is 33.2 Å². The molecule has 0 aliphatic rings. The summed E-state index contributed by atoms with van der Waals surface area (Å²) in [6.07, 6.45) is 1.28. The molecule has 0 radical (unpaired) electrons. The first-order valence-corrected chi connectivity index (χ1v) is 11.4. The van der Waals surface area contributed by atoms with Gasteiger partial charge in [-0.1, -0.05) is 24.3 Å². The quantitative estimate of drug-likeness (QED) is 0.168. The van der Waals surface area contributed by atoms with E-state index in [2.05, 4.69) is 4.98 Å². The Labute approximate surface area is 214 Å². The van der Waals surface area contributed by atoms with E-state index in [1.165, 1.54) is 13.2 Å². The number of aromatic hydroxyl groups is 5. The molecule has 38 heavy (non-hydrogen) atoms. The van der Waals surface area contributed by atoms with E-state index in [9.17, 15) is 35.1 Å². The van der Waals surface area contributed by atoms with Gasteiger partial charge in [-0.2, -0.15) is 0 Å². The number of hydrogen-bond donors (Lipinski definition) is 5. The minimum absolute atomic E-state index is 0.0253. The van der Waals surface area contributed by atoms with Crippen LogP contribution in [-0.4, -0.2) is 43.6 Å². The summed E-state index contributed by atoms with van der Waals surface area (Å²) >= 11 is 0. The van der Waals surface area contributed by atoms with Crippen molar-refractivity contribution in [1.82, 2.24) is 4.98 Å². The molecule has 0 bridgehead atoms. The van der Waals surface area contributed by atoms with E-state index >= 15 is 0 Å². The highest BCUT2D eigenvalue weighted by Crippen LogP contribution is 2.45. The molecule has 1 unspecified atom stereocenters. The van der Waals surface area contributed by atoms with Gasteiger partial charge in [0.1, 0.15) is 22.5 Å². The van der Waals surface area contributed by atoms with Crippen LogP contribution in [0.5, 0.6) is 28.7 Å². The Morgan fingerprint density at radius 3 is 2.45 bits per heavy atom. The molecule has 1 atom stereocenters. The number of nitrogens with zero attached hydrogens (tertiary/aromatic N) is 1. The number of methoxy groups -OCH3 is 1. The van der Waals surface area contributed by atoms with Gasteiger partial charge in [-0.25, -0.2) is 0 Å². The van der Waals surface area contributed by atoms with Gasteiger partial charge in [0, 0.05) is 34.7 Å². The summed E-state index contributed by atoms with van der Waals surface area (Å²) in [6.45, 7) is 0. The highest BCUT2D eigenvalue weighted by Gasteiger charge is 2.31. The Hall–Kier alpha value is -5.25. The second-order valence-electron chi connectivity index (χ2n) is 8.60. The first kappa shape index (κ1) is 24.4. The fourth-order valence-electron chi connectivity index (χ4n) is 4.57. The van der Waals surface area contributed by atoms with E-state index in [1.54, 1.807) is 24.4 Å². The van der Waals surface area contributed by atoms with Crippen LogP contribution >= 0.6 is 0 Å². The van der Waals surface area contributed by atoms with Gasteiger partial charge >= 0.3 is 5.97 Å². The number of hydrogen-bond acceptors (Lipinski definition) is 10. The maximum atomic E-state index is 13.2. The third kappa shape index (κ3) is 3.97. The molecule has 5 aromatic rings. The Morgan fingerprint density at radius 2 is 1.71 bits per heavy atom. The average molecular weight is 515 g/mol. The fraction of sp³-hybridized carbons (Fsp3) is 0.107. The van der Waals surface area contributed by atoms with E-state index in [4.69, 9.17) is 9.15 Å². The van der Waals surface area contributed by atoms with Crippen LogP contribution in [0.4, 0.5) is 0 Å². The summed E-state index contributed by atoms with van der Waals surface area (Å²) < 4.78 is 10.8. The molecule has 5 rings (SSSR count). The number of pyridine rings is 1. The Bertz CT molecular complexity index is 1790. The van der Waals surface area contributed by atoms with E-state index in [-0.39, 0.29) is 23.1 Å². The predicted molar refractivity (Wildman–Crippen MR) is 136 cm³/mol. The SMILES string of the molecule is COC(=O)CC(c1cccc2cccnc12)c1c(O)cc(O)c2c(=O)c(O)c(-c3ccc(O)c(O)c3)oc12. The lowest BCUT2D eigenvalue weighted by Gasteiger charge is -2.21. The third-order valence-electron chi connectivity index (χ3n) is 6.36. The molecule has 0 fully saturated rings. The lowest BCUT2D eigenvalue weighted by atomic mass is 9.85. The van der Waals surface area contributed by atoms with Gasteiger partial charge < -0.3 is 34.7 Å². The molecule has 0 amide bonds. The van der Waals surface area contributed by atoms with E-state index in [1.807, 2.05) is 12.1 Å². The van der Waals surface area contributed by atoms with E-state index < -0.39 is 57.2 Å². The van der Waals surface area contributed by atoms with Gasteiger partial charge in [-0.15, -0.1) is 0 Å². The second-order valence-corrected chi connectivity index (χ2v) is 8.60. The molecular formula is C28H21NO9. The van der Waals surface area contributed by atoms with Gasteiger partial charge in [-0.3, -0.25) is 14.6 Å². The molecule has 2 aromatic heterocycles. The molecule has 0 aliphatic carbocycles. The average Bonchev–Trinajstić information content (AvgIpc) is 2.90. The third-order valence-corrected chi connectivity index (χ3v) is 6.36. The zero-order chi connectivity index (χ0) is 27.1. The number of carbonyl (C=O) groups excluding carboxylic acids is 1. The van der Waals surface area contributed by atoms with Crippen molar-refractivity contribution in [2.75, 3.05) is 7.11 Å². The fourth-order valence-corrected chi connectivity index (χ4v) is 4.57. The molecule has 192 valence electrons. The highest BCUT2D eigenvalue weighted by atomic mass is 16.5. The maximum Gasteiger partial charge on any atom is 0.306 e. The van der Waals surface area contributed by atoms with Crippen LogP contribution in [-0.2, 0) is 9.53 Å². The number of ether oxygens (including phenoxy) is 1. The van der Waals surface area contributed by atoms with Crippen LogP contribution in [0, 0.1) is 0 Å². The number of aromatic nitrogens is 1. The van der Waals surface area contributed by atoms with Crippen molar-refractivity contribution in [3.05, 3.63) is 82.1 Å². The van der Waals surface area contributed by atoms with Gasteiger partial charge in [0.2, 0.25) is 11.2 Å². The number of para-hydroxylation sites is 1. The summed E-state index contributed by atoms with van der Waals surface area (Å²) in [7, 11) is 1.21. The van der Waals surface area contributed by atoms with Gasteiger partial charge in [0.15, 0.2) is 17.3 Å². The standard InChI is InChI=1S/C28H21NO9/c1-37-21(34)11-16(15-6-2-4-13-5-3-9-29-24(13)15)22-19(32)12-20(33)23-25(35)26(36)27(38-28(22)23)14-7-8-17(30)18(31)10-14/h2-10,12,16,30-33,36H,11H2,1H3. The summed E-state index contributed by atoms with van der Waals surface area (Å²) in [5.41, 5.74) is -0.274. The molecule has 10 nitrogen and oxygen atoms in total. The Balaban J connectivity index is 1.88. The minimum atomic E-state index is -1.01. The van der Waals surface area contributed by atoms with Crippen LogP contribution < -0.4 is 5.43 Å². The van der Waals surface area contributed by atoms with Crippen molar-refractivity contribution < 1.29 is 39.5 Å². The smallest absolute Gasteiger partial charge is 0.306 e. The number of benzene rings is 3. The molecule has 0 saturated heterocycles. The molecular weight excluding hydrogens is 494 g/mol. The van der Waals surface area contributed by atoms with Crippen LogP contribution in [0.15, 0.2) is 70.0 Å². The lowest BCUT2D eigenvalue weighted by Crippen LogP contribution is -2.13. The molecule has 0 spiro atoms. The zero-order valence-electron chi connectivity index (χ0n) is 19.9. The topological polar surface area (TPSA) is 171 Å². The summed E-state index contributed by atoms with van der Waals surface area (Å²) in [4.78, 5) is 30.2. The number of carbonyl (C=O) groups is 1. The van der Waals surface area contributed by atoms with Crippen molar-refractivity contribution in [2.24, 2.45) is 0 Å². The first-order chi connectivity index (χ1) is 18.2. The lowest BCUT2D eigenvalue weighted by molar-refractivity contribution is -0.140. The summed E-state index contributed by atoms with van der Waals surface area (Å²) in [6, 6.07) is 13.3. The number of phenolic OH excluding ortho intramolecular Hbond substituents is 4. The largest absolute Gasteiger partial charge is 0.507 e. The van der Waals surface area contributed by atoms with Crippen LogP contribution in [0.1, 0.15) is 23.5 Å². The van der Waals surface area contributed by atoms with Crippen molar-refractivity contribution in [1.29, 1.82) is 0 Å². The van der Waals surface area contributed by atoms with Crippen molar-refractivity contribution in [2.45, 2.75) is 12.3 Å². The molecule has 5 N–H and O–H groups in total. The van der Waals surface area contributed by atoms with Crippen LogP contribution in [0.3, 0.4) is 0 Å². The zero-order valence-corrected chi connectivity index (χ0v) is 19.9. The van der Waals surface area contributed by atoms with Gasteiger partial charge in [0.25, 0.3) is 0 Å². The highest BCUT2D eigenvalue weighted by molar-refractivity contribution is 5.93. The predicted octanol–water partition coefficient (Wildman–Crippen LogP) is 4.23. The molecule has 10 heteroatoms. The van der Waals surface area contributed by atoms with E-state index in [0.717, 1.165) is 23.6 Å². The second kappa shape index (κ2) is 9.32. The van der Waals surface area contributed by atoms with Gasteiger partial charge in [-0.05, 0) is 29.8 Å². The first-order valence-electron chi connectivity index (χ1n) is 11.4. The van der Waals surface area contributed by atoms with Crippen LogP contribution in [0.2, 0.25) is 0 Å². The molecule has 3 aromatic carbocycles. The summed E-state index contributed by atoms with van der Waals surface area (Å²) in [5.74, 6) is -4.96. The Kier molecular flexibility index (Phi) is 6.00. The summed E-state index contributed by atoms with van der Waals surface area (Å²) in [5, 5.41) is 52.2. The van der Waals surface area contributed by atoms with Crippen molar-refractivity contribution in [3.8, 4) is 40.1 Å². The number of fused-ring (bicyclic) bond motifs is 2. The molecule has 2 heterocycles. The number of phenols is 4. The maximum absolute atomic E-state index is 13.2. The number of rotatable bonds is 5. The number of esters is 1. The Morgan fingerprint density at radius 1 is 0.947 bits per heavy atom. The van der Waals surface area contributed by atoms with Crippen molar-refractivity contribution >= 4 is 27.8 Å².